The molecule has 1 heterocycles. The molecule has 0 atom stereocenters. The van der Waals surface area contributed by atoms with Crippen molar-refractivity contribution in [1.82, 2.24) is 10.1 Å². The highest BCUT2D eigenvalue weighted by atomic mass is 16.5. The van der Waals surface area contributed by atoms with E-state index in [1.54, 1.807) is 6.92 Å². The van der Waals surface area contributed by atoms with Gasteiger partial charge in [0.2, 0.25) is 5.89 Å². The Balaban J connectivity index is 1.87. The normalized spacial score (nSPS) is 10.3. The predicted molar refractivity (Wildman–Crippen MR) is 62.1 cm³/mol. The molecule has 1 aromatic carbocycles. The number of aryl methyl sites for hydroxylation is 1. The van der Waals surface area contributed by atoms with E-state index in [1.807, 2.05) is 24.3 Å². The van der Waals surface area contributed by atoms with Crippen molar-refractivity contribution in [3.63, 3.8) is 0 Å². The Morgan fingerprint density at radius 2 is 2.19 bits per heavy atom. The summed E-state index contributed by atoms with van der Waals surface area (Å²) >= 11 is 0. The first-order valence-corrected chi connectivity index (χ1v) is 5.13. The molecule has 1 aromatic heterocycles. The second kappa shape index (κ2) is 4.65. The van der Waals surface area contributed by atoms with E-state index in [1.165, 1.54) is 0 Å². The molecule has 5 nitrogen and oxygen atoms in total. The number of para-hydroxylation sites is 2. The topological polar surface area (TPSA) is 77.0 Å². The van der Waals surface area contributed by atoms with Crippen molar-refractivity contribution in [1.29, 1.82) is 0 Å². The fraction of sp³-hybridized carbons (Fsp3) is 0.273. The smallest absolute Gasteiger partial charge is 0.228 e. The molecule has 5 heteroatoms. The van der Waals surface area contributed by atoms with Crippen LogP contribution in [0.5, 0.6) is 0 Å². The predicted octanol–water partition coefficient (Wildman–Crippen LogP) is 1.61. The molecular formula is C11H14N4O. The Morgan fingerprint density at radius 1 is 1.38 bits per heavy atom. The zero-order valence-corrected chi connectivity index (χ0v) is 9.10. The molecule has 0 unspecified atom stereocenters. The number of hydrogen-bond donors (Lipinski definition) is 2. The number of nitrogens with two attached hydrogens (primary N) is 1. The maximum absolute atomic E-state index is 5.79. The third kappa shape index (κ3) is 2.50. The molecule has 0 aliphatic heterocycles. The van der Waals surface area contributed by atoms with Crippen LogP contribution in [0.15, 0.2) is 28.8 Å². The summed E-state index contributed by atoms with van der Waals surface area (Å²) in [5.41, 5.74) is 7.46. The number of aromatic nitrogens is 2. The van der Waals surface area contributed by atoms with Gasteiger partial charge in [-0.3, -0.25) is 0 Å². The van der Waals surface area contributed by atoms with E-state index in [0.29, 0.717) is 18.1 Å². The van der Waals surface area contributed by atoms with Gasteiger partial charge in [-0.25, -0.2) is 0 Å². The van der Waals surface area contributed by atoms with Crippen LogP contribution in [-0.2, 0) is 6.42 Å². The molecule has 0 radical (unpaired) electrons. The van der Waals surface area contributed by atoms with Gasteiger partial charge in [-0.2, -0.15) is 4.98 Å². The highest BCUT2D eigenvalue weighted by molar-refractivity contribution is 5.65. The molecule has 0 amide bonds. The van der Waals surface area contributed by atoms with E-state index in [0.717, 1.165) is 17.9 Å². The maximum Gasteiger partial charge on any atom is 0.228 e. The van der Waals surface area contributed by atoms with Crippen LogP contribution < -0.4 is 11.1 Å². The highest BCUT2D eigenvalue weighted by Gasteiger charge is 2.02. The van der Waals surface area contributed by atoms with E-state index in [2.05, 4.69) is 15.5 Å². The maximum atomic E-state index is 5.79. The third-order valence-electron chi connectivity index (χ3n) is 2.18. The highest BCUT2D eigenvalue weighted by Crippen LogP contribution is 2.16. The van der Waals surface area contributed by atoms with Gasteiger partial charge in [0.05, 0.1) is 11.4 Å². The lowest BCUT2D eigenvalue weighted by atomic mass is 10.2. The van der Waals surface area contributed by atoms with Crippen molar-refractivity contribution in [2.24, 2.45) is 0 Å². The average Bonchev–Trinajstić information content (AvgIpc) is 2.67. The molecule has 84 valence electrons. The van der Waals surface area contributed by atoms with Gasteiger partial charge in [0.15, 0.2) is 5.82 Å². The lowest BCUT2D eigenvalue weighted by Gasteiger charge is -2.06. The number of hydrogen-bond acceptors (Lipinski definition) is 5. The standard InChI is InChI=1S/C11H14N4O/c1-8-14-11(16-15-8)6-7-13-10-5-3-2-4-9(10)12/h2-5,13H,6-7,12H2,1H3. The largest absolute Gasteiger partial charge is 0.397 e. The van der Waals surface area contributed by atoms with Gasteiger partial charge in [-0.1, -0.05) is 17.3 Å². The molecule has 16 heavy (non-hydrogen) atoms. The van der Waals surface area contributed by atoms with E-state index in [9.17, 15) is 0 Å². The van der Waals surface area contributed by atoms with Gasteiger partial charge >= 0.3 is 0 Å². The Kier molecular flexibility index (Phi) is 3.05. The lowest BCUT2D eigenvalue weighted by Crippen LogP contribution is -2.06. The number of nitrogens with one attached hydrogen (secondary N) is 1. The van der Waals surface area contributed by atoms with E-state index in [-0.39, 0.29) is 0 Å². The molecule has 3 N–H and O–H groups in total. The summed E-state index contributed by atoms with van der Waals surface area (Å²) in [6.07, 6.45) is 0.690. The SMILES string of the molecule is Cc1noc(CCNc2ccccc2N)n1. The first-order valence-electron chi connectivity index (χ1n) is 5.13. The minimum atomic E-state index is 0.638. The molecule has 0 fully saturated rings. The first kappa shape index (κ1) is 10.5. The van der Waals surface area contributed by atoms with Crippen LogP contribution in [0.1, 0.15) is 11.7 Å². The van der Waals surface area contributed by atoms with E-state index in [4.69, 9.17) is 10.3 Å². The summed E-state index contributed by atoms with van der Waals surface area (Å²) in [7, 11) is 0. The number of nitrogens with zero attached hydrogens (tertiary/aromatic N) is 2. The second-order valence-electron chi connectivity index (χ2n) is 3.50. The number of nitrogen functional groups attached to an aromatic ring is 1. The molecule has 2 rings (SSSR count). The van der Waals surface area contributed by atoms with Crippen LogP contribution in [0.25, 0.3) is 0 Å². The average molecular weight is 218 g/mol. The quantitative estimate of drug-likeness (QED) is 0.762. The van der Waals surface area contributed by atoms with Crippen molar-refractivity contribution in [2.45, 2.75) is 13.3 Å². The second-order valence-corrected chi connectivity index (χ2v) is 3.50. The van der Waals surface area contributed by atoms with Crippen molar-refractivity contribution in [3.8, 4) is 0 Å². The number of anilines is 2. The number of benzene rings is 1. The Labute approximate surface area is 93.7 Å². The van der Waals surface area contributed by atoms with Crippen molar-refractivity contribution in [2.75, 3.05) is 17.6 Å². The summed E-state index contributed by atoms with van der Waals surface area (Å²) in [6, 6.07) is 7.64. The Bertz CT molecular complexity index is 467. The monoisotopic (exact) mass is 218 g/mol. The van der Waals surface area contributed by atoms with Crippen molar-refractivity contribution in [3.05, 3.63) is 36.0 Å². The molecule has 0 aliphatic rings. The fourth-order valence-electron chi connectivity index (χ4n) is 1.40. The van der Waals surface area contributed by atoms with Gasteiger partial charge in [0.25, 0.3) is 0 Å². The van der Waals surface area contributed by atoms with Crippen LogP contribution in [0, 0.1) is 6.92 Å². The third-order valence-corrected chi connectivity index (χ3v) is 2.18. The van der Waals surface area contributed by atoms with Gasteiger partial charge in [0, 0.05) is 13.0 Å². The first-order chi connectivity index (χ1) is 7.75. The lowest BCUT2D eigenvalue weighted by molar-refractivity contribution is 0.377. The van der Waals surface area contributed by atoms with Crippen LogP contribution in [0.2, 0.25) is 0 Å². The summed E-state index contributed by atoms with van der Waals surface area (Å²) in [5.74, 6) is 1.30. The van der Waals surface area contributed by atoms with E-state index >= 15 is 0 Å². The fourth-order valence-corrected chi connectivity index (χ4v) is 1.40. The minimum Gasteiger partial charge on any atom is -0.397 e. The molecule has 0 spiro atoms. The zero-order chi connectivity index (χ0) is 11.4. The van der Waals surface area contributed by atoms with Gasteiger partial charge in [-0.05, 0) is 19.1 Å². The minimum absolute atomic E-state index is 0.638. The van der Waals surface area contributed by atoms with E-state index < -0.39 is 0 Å². The molecule has 2 aromatic rings. The van der Waals surface area contributed by atoms with Gasteiger partial charge in [0.1, 0.15) is 0 Å². The molecular weight excluding hydrogens is 204 g/mol. The summed E-state index contributed by atoms with van der Waals surface area (Å²) in [4.78, 5) is 4.12. The van der Waals surface area contributed by atoms with Gasteiger partial charge < -0.3 is 15.6 Å². The van der Waals surface area contributed by atoms with Gasteiger partial charge in [-0.15, -0.1) is 0 Å². The summed E-state index contributed by atoms with van der Waals surface area (Å²) in [6.45, 7) is 2.52. The molecule has 0 bridgehead atoms. The van der Waals surface area contributed by atoms with Crippen molar-refractivity contribution < 1.29 is 4.52 Å². The van der Waals surface area contributed by atoms with Crippen LogP contribution in [0.3, 0.4) is 0 Å². The molecule has 0 saturated heterocycles. The molecule has 0 aliphatic carbocycles. The Morgan fingerprint density at radius 3 is 2.88 bits per heavy atom. The zero-order valence-electron chi connectivity index (χ0n) is 9.10. The Hall–Kier alpha value is -2.04. The summed E-state index contributed by atoms with van der Waals surface area (Å²) < 4.78 is 5.00. The summed E-state index contributed by atoms with van der Waals surface area (Å²) in [5, 5.41) is 6.94. The van der Waals surface area contributed by atoms with Crippen LogP contribution in [-0.4, -0.2) is 16.7 Å². The molecule has 0 saturated carbocycles. The van der Waals surface area contributed by atoms with Crippen molar-refractivity contribution >= 4 is 11.4 Å². The number of rotatable bonds is 4. The van der Waals surface area contributed by atoms with Crippen LogP contribution in [0.4, 0.5) is 11.4 Å². The van der Waals surface area contributed by atoms with Crippen LogP contribution >= 0.6 is 0 Å².